The Labute approximate surface area is 157 Å². The Morgan fingerprint density at radius 2 is 2.14 bits per heavy atom. The lowest BCUT2D eigenvalue weighted by atomic mass is 10.3. The molecule has 0 spiro atoms. The van der Waals surface area contributed by atoms with Crippen LogP contribution in [0.15, 0.2) is 47.2 Å². The third-order valence-corrected chi connectivity index (χ3v) is 3.53. The number of urea groups is 1. The van der Waals surface area contributed by atoms with Crippen LogP contribution in [0, 0.1) is 0 Å². The average molecular weight is 395 g/mol. The van der Waals surface area contributed by atoms with Crippen LogP contribution < -0.4 is 15.4 Å². The van der Waals surface area contributed by atoms with Crippen LogP contribution in [0.25, 0.3) is 11.5 Å². The van der Waals surface area contributed by atoms with Crippen molar-refractivity contribution < 1.29 is 27.1 Å². The Balaban J connectivity index is 1.51. The lowest BCUT2D eigenvalue weighted by Gasteiger charge is -2.09. The van der Waals surface area contributed by atoms with E-state index in [0.717, 1.165) is 0 Å². The maximum absolute atomic E-state index is 12.1. The van der Waals surface area contributed by atoms with Crippen molar-refractivity contribution in [1.82, 2.24) is 20.1 Å². The van der Waals surface area contributed by atoms with E-state index in [2.05, 4.69) is 25.5 Å². The van der Waals surface area contributed by atoms with Gasteiger partial charge in [0.05, 0.1) is 6.26 Å². The van der Waals surface area contributed by atoms with Crippen LogP contribution in [0.1, 0.15) is 5.56 Å². The third kappa shape index (κ3) is 5.25. The van der Waals surface area contributed by atoms with Crippen molar-refractivity contribution in [2.45, 2.75) is 12.7 Å². The summed E-state index contributed by atoms with van der Waals surface area (Å²) in [4.78, 5) is 15.8. The summed E-state index contributed by atoms with van der Waals surface area (Å²) < 4.78 is 47.6. The SMILES string of the molecule is Cn1nc(-c2ccco2)cc1NC(=O)NCc1ccc(OCC(F)(F)F)nc1. The summed E-state index contributed by atoms with van der Waals surface area (Å²) in [6, 6.07) is 7.48. The average Bonchev–Trinajstić information content (AvgIpc) is 3.29. The number of hydrogen-bond acceptors (Lipinski definition) is 5. The summed E-state index contributed by atoms with van der Waals surface area (Å²) in [5.41, 5.74) is 1.16. The standard InChI is InChI=1S/C17H16F3N5O3/c1-25-14(7-12(24-25)13-3-2-6-27-13)23-16(26)22-9-11-4-5-15(21-8-11)28-10-17(18,19)20/h2-8H,9-10H2,1H3,(H2,22,23,26). The highest BCUT2D eigenvalue weighted by Crippen LogP contribution is 2.21. The number of furan rings is 1. The van der Waals surface area contributed by atoms with E-state index in [1.54, 1.807) is 25.2 Å². The molecule has 3 aromatic heterocycles. The Morgan fingerprint density at radius 3 is 2.79 bits per heavy atom. The first-order valence-electron chi connectivity index (χ1n) is 8.07. The van der Waals surface area contributed by atoms with Crippen LogP contribution in [0.3, 0.4) is 0 Å². The number of carbonyl (C=O) groups is 1. The zero-order valence-electron chi connectivity index (χ0n) is 14.7. The number of nitrogens with one attached hydrogen (secondary N) is 2. The van der Waals surface area contributed by atoms with Gasteiger partial charge in [-0.2, -0.15) is 18.3 Å². The van der Waals surface area contributed by atoms with Crippen LogP contribution in [-0.4, -0.2) is 33.6 Å². The van der Waals surface area contributed by atoms with Gasteiger partial charge in [-0.1, -0.05) is 6.07 Å². The Bertz CT molecular complexity index is 921. The summed E-state index contributed by atoms with van der Waals surface area (Å²) in [5.74, 6) is 0.881. The number of anilines is 1. The number of aryl methyl sites for hydroxylation is 1. The highest BCUT2D eigenvalue weighted by Gasteiger charge is 2.28. The van der Waals surface area contributed by atoms with Crippen molar-refractivity contribution in [2.75, 3.05) is 11.9 Å². The van der Waals surface area contributed by atoms with E-state index >= 15 is 0 Å². The van der Waals surface area contributed by atoms with Gasteiger partial charge in [0.2, 0.25) is 5.88 Å². The minimum Gasteiger partial charge on any atom is -0.468 e. The molecule has 0 saturated carbocycles. The van der Waals surface area contributed by atoms with Crippen LogP contribution in [0.2, 0.25) is 0 Å². The molecular weight excluding hydrogens is 379 g/mol. The van der Waals surface area contributed by atoms with Crippen LogP contribution in [0.4, 0.5) is 23.8 Å². The molecule has 3 aromatic rings. The van der Waals surface area contributed by atoms with Gasteiger partial charge in [-0.05, 0) is 17.7 Å². The van der Waals surface area contributed by atoms with Crippen molar-refractivity contribution in [3.05, 3.63) is 48.4 Å². The second-order valence-corrected chi connectivity index (χ2v) is 5.73. The van der Waals surface area contributed by atoms with Gasteiger partial charge in [-0.15, -0.1) is 0 Å². The number of pyridine rings is 1. The molecular formula is C17H16F3N5O3. The van der Waals surface area contributed by atoms with E-state index in [1.165, 1.54) is 29.3 Å². The van der Waals surface area contributed by atoms with Crippen molar-refractivity contribution >= 4 is 11.8 Å². The third-order valence-electron chi connectivity index (χ3n) is 3.53. The smallest absolute Gasteiger partial charge is 0.422 e. The predicted octanol–water partition coefficient (Wildman–Crippen LogP) is 3.34. The molecule has 3 heterocycles. The normalized spacial score (nSPS) is 11.3. The molecule has 0 aromatic carbocycles. The highest BCUT2D eigenvalue weighted by molar-refractivity contribution is 5.88. The molecule has 0 bridgehead atoms. The van der Waals surface area contributed by atoms with Gasteiger partial charge in [0.1, 0.15) is 11.5 Å². The second-order valence-electron chi connectivity index (χ2n) is 5.73. The quantitative estimate of drug-likeness (QED) is 0.668. The van der Waals surface area contributed by atoms with Gasteiger partial charge in [0.25, 0.3) is 0 Å². The van der Waals surface area contributed by atoms with E-state index in [-0.39, 0.29) is 12.4 Å². The second kappa shape index (κ2) is 8.03. The summed E-state index contributed by atoms with van der Waals surface area (Å²) in [5, 5.41) is 9.51. The van der Waals surface area contributed by atoms with Crippen molar-refractivity contribution in [3.8, 4) is 17.3 Å². The maximum Gasteiger partial charge on any atom is 0.422 e. The van der Waals surface area contributed by atoms with Crippen LogP contribution >= 0.6 is 0 Å². The lowest BCUT2D eigenvalue weighted by Crippen LogP contribution is -2.29. The highest BCUT2D eigenvalue weighted by atomic mass is 19.4. The minimum absolute atomic E-state index is 0.126. The Hall–Kier alpha value is -3.50. The zero-order valence-corrected chi connectivity index (χ0v) is 14.7. The summed E-state index contributed by atoms with van der Waals surface area (Å²) in [6.45, 7) is -1.29. The number of halogens is 3. The summed E-state index contributed by atoms with van der Waals surface area (Å²) >= 11 is 0. The molecule has 0 radical (unpaired) electrons. The molecule has 0 fully saturated rings. The molecule has 0 unspecified atom stereocenters. The number of alkyl halides is 3. The molecule has 28 heavy (non-hydrogen) atoms. The molecule has 0 atom stereocenters. The van der Waals surface area contributed by atoms with Crippen molar-refractivity contribution in [2.24, 2.45) is 7.05 Å². The number of ether oxygens (including phenoxy) is 1. The van der Waals surface area contributed by atoms with Crippen LogP contribution in [-0.2, 0) is 13.6 Å². The topological polar surface area (TPSA) is 94.2 Å². The van der Waals surface area contributed by atoms with Crippen molar-refractivity contribution in [3.63, 3.8) is 0 Å². The van der Waals surface area contributed by atoms with Gasteiger partial charge < -0.3 is 14.5 Å². The predicted molar refractivity (Wildman–Crippen MR) is 92.6 cm³/mol. The Kier molecular flexibility index (Phi) is 5.52. The molecule has 3 rings (SSSR count). The van der Waals surface area contributed by atoms with E-state index in [1.807, 2.05) is 0 Å². The first-order chi connectivity index (χ1) is 13.3. The van der Waals surface area contributed by atoms with E-state index < -0.39 is 18.8 Å². The number of hydrogen-bond donors (Lipinski definition) is 2. The van der Waals surface area contributed by atoms with Gasteiger partial charge in [-0.25, -0.2) is 9.78 Å². The fourth-order valence-corrected chi connectivity index (χ4v) is 2.23. The van der Waals surface area contributed by atoms with E-state index in [0.29, 0.717) is 22.8 Å². The summed E-state index contributed by atoms with van der Waals surface area (Å²) in [6.07, 6.45) is -1.58. The first-order valence-corrected chi connectivity index (χ1v) is 8.07. The summed E-state index contributed by atoms with van der Waals surface area (Å²) in [7, 11) is 1.67. The van der Waals surface area contributed by atoms with Gasteiger partial charge in [-0.3, -0.25) is 10.00 Å². The minimum atomic E-state index is -4.43. The largest absolute Gasteiger partial charge is 0.468 e. The first kappa shape index (κ1) is 19.3. The van der Waals surface area contributed by atoms with E-state index in [9.17, 15) is 18.0 Å². The molecule has 0 saturated heterocycles. The number of aromatic nitrogens is 3. The monoisotopic (exact) mass is 395 g/mol. The molecule has 0 aliphatic heterocycles. The van der Waals surface area contributed by atoms with Gasteiger partial charge in [0, 0.05) is 31.9 Å². The molecule has 0 aliphatic rings. The maximum atomic E-state index is 12.1. The fraction of sp³-hybridized carbons (Fsp3) is 0.235. The Morgan fingerprint density at radius 1 is 1.32 bits per heavy atom. The number of carbonyl (C=O) groups excluding carboxylic acids is 1. The van der Waals surface area contributed by atoms with Gasteiger partial charge in [0.15, 0.2) is 12.4 Å². The lowest BCUT2D eigenvalue weighted by molar-refractivity contribution is -0.154. The van der Waals surface area contributed by atoms with Crippen LogP contribution in [0.5, 0.6) is 5.88 Å². The zero-order chi connectivity index (χ0) is 20.1. The fourth-order valence-electron chi connectivity index (χ4n) is 2.23. The van der Waals surface area contributed by atoms with Gasteiger partial charge >= 0.3 is 12.2 Å². The molecule has 2 N–H and O–H groups in total. The van der Waals surface area contributed by atoms with E-state index in [4.69, 9.17) is 4.42 Å². The molecule has 0 aliphatic carbocycles. The molecule has 148 valence electrons. The number of rotatable bonds is 6. The number of amides is 2. The number of nitrogens with zero attached hydrogens (tertiary/aromatic N) is 3. The molecule has 11 heteroatoms. The molecule has 8 nitrogen and oxygen atoms in total. The van der Waals surface area contributed by atoms with Crippen molar-refractivity contribution in [1.29, 1.82) is 0 Å². The molecule has 2 amide bonds.